The fourth-order valence-corrected chi connectivity index (χ4v) is 3.86. The van der Waals surface area contributed by atoms with Gasteiger partial charge in [0.1, 0.15) is 0 Å². The van der Waals surface area contributed by atoms with E-state index in [4.69, 9.17) is 5.73 Å². The first-order valence-corrected chi connectivity index (χ1v) is 7.08. The first-order chi connectivity index (χ1) is 8.22. The zero-order valence-corrected chi connectivity index (χ0v) is 10.8. The van der Waals surface area contributed by atoms with Crippen LogP contribution in [0.2, 0.25) is 0 Å². The van der Waals surface area contributed by atoms with Gasteiger partial charge in [0.2, 0.25) is 0 Å². The van der Waals surface area contributed by atoms with Gasteiger partial charge in [0, 0.05) is 6.04 Å². The van der Waals surface area contributed by atoms with Gasteiger partial charge in [0.25, 0.3) is 0 Å². The van der Waals surface area contributed by atoms with E-state index in [0.29, 0.717) is 11.5 Å². The third kappa shape index (κ3) is 1.91. The lowest BCUT2D eigenvalue weighted by Crippen LogP contribution is -2.34. The van der Waals surface area contributed by atoms with Crippen molar-refractivity contribution in [3.05, 3.63) is 34.9 Å². The van der Waals surface area contributed by atoms with E-state index >= 15 is 0 Å². The lowest BCUT2D eigenvalue weighted by molar-refractivity contribution is 0.187. The molecule has 1 nitrogen and oxygen atoms in total. The summed E-state index contributed by atoms with van der Waals surface area (Å²) in [7, 11) is 0. The molecule has 17 heavy (non-hydrogen) atoms. The van der Waals surface area contributed by atoms with Crippen LogP contribution in [0, 0.1) is 5.41 Å². The standard InChI is InChI=1S/C16H23N/c1-2-12-4-3-5-13-10-16(11-15(12)13)8-6-14(17)7-9-16/h3-5,14H,2,6-11,17H2,1H3. The molecule has 1 heteroatoms. The zero-order chi connectivity index (χ0) is 11.9. The van der Waals surface area contributed by atoms with Gasteiger partial charge >= 0.3 is 0 Å². The maximum absolute atomic E-state index is 6.05. The van der Waals surface area contributed by atoms with Crippen LogP contribution in [0.25, 0.3) is 0 Å². The van der Waals surface area contributed by atoms with Crippen LogP contribution in [0.1, 0.15) is 49.3 Å². The third-order valence-electron chi connectivity index (χ3n) is 4.96. The van der Waals surface area contributed by atoms with Gasteiger partial charge in [-0.1, -0.05) is 25.1 Å². The third-order valence-corrected chi connectivity index (χ3v) is 4.96. The summed E-state index contributed by atoms with van der Waals surface area (Å²) < 4.78 is 0. The summed E-state index contributed by atoms with van der Waals surface area (Å²) in [5.41, 5.74) is 11.5. The van der Waals surface area contributed by atoms with Crippen molar-refractivity contribution in [1.82, 2.24) is 0 Å². The maximum atomic E-state index is 6.05. The number of rotatable bonds is 1. The second kappa shape index (κ2) is 4.13. The quantitative estimate of drug-likeness (QED) is 0.786. The van der Waals surface area contributed by atoms with Crippen molar-refractivity contribution in [2.24, 2.45) is 11.1 Å². The lowest BCUT2D eigenvalue weighted by atomic mass is 9.70. The molecule has 2 N–H and O–H groups in total. The van der Waals surface area contributed by atoms with Crippen LogP contribution in [-0.2, 0) is 19.3 Å². The van der Waals surface area contributed by atoms with Crippen molar-refractivity contribution < 1.29 is 0 Å². The summed E-state index contributed by atoms with van der Waals surface area (Å²) in [5.74, 6) is 0. The minimum absolute atomic E-state index is 0.468. The molecule has 1 spiro atoms. The number of hydrogen-bond donors (Lipinski definition) is 1. The van der Waals surface area contributed by atoms with Crippen molar-refractivity contribution in [3.8, 4) is 0 Å². The molecule has 0 aliphatic heterocycles. The van der Waals surface area contributed by atoms with Crippen LogP contribution in [0.15, 0.2) is 18.2 Å². The Balaban J connectivity index is 1.87. The minimum Gasteiger partial charge on any atom is -0.328 e. The lowest BCUT2D eigenvalue weighted by Gasteiger charge is -2.36. The van der Waals surface area contributed by atoms with Crippen molar-refractivity contribution in [2.45, 2.75) is 57.9 Å². The normalized spacial score (nSPS) is 31.8. The molecule has 0 unspecified atom stereocenters. The number of nitrogens with two attached hydrogens (primary N) is 1. The highest BCUT2D eigenvalue weighted by Gasteiger charge is 2.40. The predicted molar refractivity (Wildman–Crippen MR) is 72.1 cm³/mol. The molecular formula is C16H23N. The average molecular weight is 229 g/mol. The molecule has 0 radical (unpaired) electrons. The molecule has 0 aromatic heterocycles. The number of benzene rings is 1. The molecule has 0 atom stereocenters. The van der Waals surface area contributed by atoms with Crippen LogP contribution < -0.4 is 5.73 Å². The van der Waals surface area contributed by atoms with Crippen LogP contribution in [0.4, 0.5) is 0 Å². The maximum Gasteiger partial charge on any atom is 0.00392 e. The molecule has 1 fully saturated rings. The molecule has 2 aliphatic rings. The zero-order valence-electron chi connectivity index (χ0n) is 10.8. The summed E-state index contributed by atoms with van der Waals surface area (Å²) in [6, 6.07) is 7.37. The molecule has 92 valence electrons. The Bertz CT molecular complexity index is 414. The van der Waals surface area contributed by atoms with Crippen molar-refractivity contribution in [2.75, 3.05) is 0 Å². The Labute approximate surface area is 104 Å². The number of fused-ring (bicyclic) bond motifs is 1. The topological polar surface area (TPSA) is 26.0 Å². The summed E-state index contributed by atoms with van der Waals surface area (Å²) >= 11 is 0. The second-order valence-corrected chi connectivity index (χ2v) is 6.10. The van der Waals surface area contributed by atoms with Gasteiger partial charge in [-0.05, 0) is 67.1 Å². The smallest absolute Gasteiger partial charge is 0.00392 e. The van der Waals surface area contributed by atoms with Gasteiger partial charge in [-0.3, -0.25) is 0 Å². The van der Waals surface area contributed by atoms with E-state index in [-0.39, 0.29) is 0 Å². The summed E-state index contributed by atoms with van der Waals surface area (Å²) in [4.78, 5) is 0. The van der Waals surface area contributed by atoms with Crippen LogP contribution in [0.3, 0.4) is 0 Å². The Morgan fingerprint density at radius 3 is 2.71 bits per heavy atom. The molecule has 0 heterocycles. The largest absolute Gasteiger partial charge is 0.328 e. The minimum atomic E-state index is 0.468. The molecule has 1 aromatic rings. The molecule has 1 aromatic carbocycles. The van der Waals surface area contributed by atoms with Crippen molar-refractivity contribution in [3.63, 3.8) is 0 Å². The average Bonchev–Trinajstić information content (AvgIpc) is 2.71. The van der Waals surface area contributed by atoms with E-state index in [1.165, 1.54) is 44.9 Å². The molecular weight excluding hydrogens is 206 g/mol. The van der Waals surface area contributed by atoms with E-state index in [9.17, 15) is 0 Å². The van der Waals surface area contributed by atoms with Crippen LogP contribution >= 0.6 is 0 Å². The molecule has 2 aliphatic carbocycles. The highest BCUT2D eigenvalue weighted by molar-refractivity contribution is 5.41. The summed E-state index contributed by atoms with van der Waals surface area (Å²) in [6.07, 6.45) is 8.95. The van der Waals surface area contributed by atoms with Gasteiger partial charge in [-0.2, -0.15) is 0 Å². The highest BCUT2D eigenvalue weighted by atomic mass is 14.6. The fraction of sp³-hybridized carbons (Fsp3) is 0.625. The van der Waals surface area contributed by atoms with Gasteiger partial charge < -0.3 is 5.73 Å². The highest BCUT2D eigenvalue weighted by Crippen LogP contribution is 2.47. The van der Waals surface area contributed by atoms with E-state index in [0.717, 1.165) is 0 Å². The van der Waals surface area contributed by atoms with Crippen molar-refractivity contribution >= 4 is 0 Å². The first kappa shape index (κ1) is 11.3. The molecule has 0 saturated heterocycles. The predicted octanol–water partition coefficient (Wildman–Crippen LogP) is 3.24. The SMILES string of the molecule is CCc1cccc2c1CC1(CCC(N)CC1)C2. The van der Waals surface area contributed by atoms with Gasteiger partial charge in [0.05, 0.1) is 0 Å². The molecule has 1 saturated carbocycles. The second-order valence-electron chi connectivity index (χ2n) is 6.10. The molecule has 0 bridgehead atoms. The first-order valence-electron chi connectivity index (χ1n) is 7.08. The summed E-state index contributed by atoms with van der Waals surface area (Å²) in [5, 5.41) is 0. The Kier molecular flexibility index (Phi) is 2.74. The van der Waals surface area contributed by atoms with Crippen molar-refractivity contribution in [1.29, 1.82) is 0 Å². The molecule has 3 rings (SSSR count). The van der Waals surface area contributed by atoms with E-state index in [1.807, 2.05) is 0 Å². The Morgan fingerprint density at radius 1 is 1.24 bits per heavy atom. The number of aryl methyl sites for hydroxylation is 1. The van der Waals surface area contributed by atoms with E-state index in [2.05, 4.69) is 25.1 Å². The molecule has 0 amide bonds. The monoisotopic (exact) mass is 229 g/mol. The Hall–Kier alpha value is -0.820. The van der Waals surface area contributed by atoms with E-state index < -0.39 is 0 Å². The van der Waals surface area contributed by atoms with E-state index in [1.54, 1.807) is 16.7 Å². The number of hydrogen-bond acceptors (Lipinski definition) is 1. The summed E-state index contributed by atoms with van der Waals surface area (Å²) in [6.45, 7) is 2.28. The van der Waals surface area contributed by atoms with Gasteiger partial charge in [-0.15, -0.1) is 0 Å². The van der Waals surface area contributed by atoms with Crippen LogP contribution in [0.5, 0.6) is 0 Å². The Morgan fingerprint density at radius 2 is 2.00 bits per heavy atom. The fourth-order valence-electron chi connectivity index (χ4n) is 3.86. The van der Waals surface area contributed by atoms with Gasteiger partial charge in [0.15, 0.2) is 0 Å². The van der Waals surface area contributed by atoms with Gasteiger partial charge in [-0.25, -0.2) is 0 Å². The van der Waals surface area contributed by atoms with Crippen LogP contribution in [-0.4, -0.2) is 6.04 Å².